The van der Waals surface area contributed by atoms with E-state index in [0.717, 1.165) is 30.0 Å². The Bertz CT molecular complexity index is 690. The monoisotopic (exact) mass is 348 g/mol. The SMILES string of the molecule is CC/C=C(\C=C/CNC)n1cncn1.O=Cc1ccc(C(=O)O)s1. The second-order valence-electron chi connectivity index (χ2n) is 4.46. The summed E-state index contributed by atoms with van der Waals surface area (Å²) in [7, 11) is 1.92. The highest BCUT2D eigenvalue weighted by Crippen LogP contribution is 2.13. The summed E-state index contributed by atoms with van der Waals surface area (Å²) in [6, 6.07) is 2.90. The van der Waals surface area contributed by atoms with Gasteiger partial charge in [-0.3, -0.25) is 4.79 Å². The first-order valence-electron chi connectivity index (χ1n) is 7.27. The van der Waals surface area contributed by atoms with E-state index in [4.69, 9.17) is 5.11 Å². The number of carbonyl (C=O) groups excluding carboxylic acids is 1. The molecule has 2 N–H and O–H groups in total. The van der Waals surface area contributed by atoms with Crippen molar-refractivity contribution < 1.29 is 14.7 Å². The van der Waals surface area contributed by atoms with Gasteiger partial charge in [0.1, 0.15) is 17.5 Å². The molecule has 0 unspecified atom stereocenters. The molecule has 24 heavy (non-hydrogen) atoms. The third kappa shape index (κ3) is 6.67. The summed E-state index contributed by atoms with van der Waals surface area (Å²) in [6.07, 6.45) is 11.1. The number of hydrogen-bond acceptors (Lipinski definition) is 6. The molecule has 0 saturated carbocycles. The average Bonchev–Trinajstić information content (AvgIpc) is 3.26. The molecule has 0 bridgehead atoms. The third-order valence-electron chi connectivity index (χ3n) is 2.66. The molecule has 0 aliphatic carbocycles. The van der Waals surface area contributed by atoms with E-state index in [1.54, 1.807) is 11.0 Å². The van der Waals surface area contributed by atoms with E-state index in [0.29, 0.717) is 11.2 Å². The van der Waals surface area contributed by atoms with Gasteiger partial charge in [0.2, 0.25) is 0 Å². The standard InChI is InChI=1S/C10H16N4.C6H4O3S/c1-3-5-10(6-4-7-11-2)14-9-12-8-13-14;7-3-4-1-2-5(10-4)6(8)9/h4-6,8-9,11H,3,7H2,1-2H3;1-3H,(H,8,9)/b6-4-,10-5+;. The van der Waals surface area contributed by atoms with Crippen LogP contribution in [0.5, 0.6) is 0 Å². The Morgan fingerprint density at radius 2 is 2.25 bits per heavy atom. The van der Waals surface area contributed by atoms with E-state index in [-0.39, 0.29) is 4.88 Å². The molecule has 2 aromatic heterocycles. The number of allylic oxidation sites excluding steroid dienone is 3. The molecular weight excluding hydrogens is 328 g/mol. The number of aldehydes is 1. The lowest BCUT2D eigenvalue weighted by Gasteiger charge is -2.00. The number of thiophene rings is 1. The molecule has 0 atom stereocenters. The number of likely N-dealkylation sites (N-methyl/N-ethyl adjacent to an activating group) is 1. The van der Waals surface area contributed by atoms with Crippen LogP contribution in [0.25, 0.3) is 5.70 Å². The molecule has 2 rings (SSSR count). The molecule has 2 aromatic rings. The number of hydrogen-bond donors (Lipinski definition) is 2. The van der Waals surface area contributed by atoms with Crippen LogP contribution in [0, 0.1) is 0 Å². The zero-order chi connectivity index (χ0) is 17.8. The highest BCUT2D eigenvalue weighted by molar-refractivity contribution is 7.15. The number of carbonyl (C=O) groups is 2. The van der Waals surface area contributed by atoms with Crippen LogP contribution in [-0.2, 0) is 0 Å². The molecule has 0 spiro atoms. The Kier molecular flexibility index (Phi) is 8.95. The Labute approximate surface area is 144 Å². The summed E-state index contributed by atoms with van der Waals surface area (Å²) < 4.78 is 1.76. The minimum absolute atomic E-state index is 0.196. The molecule has 0 radical (unpaired) electrons. The second kappa shape index (κ2) is 11.0. The molecule has 0 saturated heterocycles. The van der Waals surface area contributed by atoms with Gasteiger partial charge in [0, 0.05) is 6.54 Å². The van der Waals surface area contributed by atoms with E-state index in [1.165, 1.54) is 18.5 Å². The van der Waals surface area contributed by atoms with Gasteiger partial charge in [0.25, 0.3) is 0 Å². The number of nitrogens with zero attached hydrogens (tertiary/aromatic N) is 3. The summed E-state index contributed by atoms with van der Waals surface area (Å²) in [5.74, 6) is -0.988. The number of nitrogens with one attached hydrogen (secondary N) is 1. The molecule has 0 amide bonds. The fourth-order valence-corrected chi connectivity index (χ4v) is 2.28. The van der Waals surface area contributed by atoms with Crippen molar-refractivity contribution in [1.29, 1.82) is 0 Å². The van der Waals surface area contributed by atoms with Crippen LogP contribution in [0.15, 0.2) is 43.0 Å². The van der Waals surface area contributed by atoms with Gasteiger partial charge in [0.15, 0.2) is 6.29 Å². The predicted octanol–water partition coefficient (Wildman–Crippen LogP) is 2.56. The number of rotatable bonds is 7. The van der Waals surface area contributed by atoms with Gasteiger partial charge in [-0.15, -0.1) is 11.3 Å². The van der Waals surface area contributed by atoms with Crippen molar-refractivity contribution in [3.63, 3.8) is 0 Å². The van der Waals surface area contributed by atoms with Crippen LogP contribution in [0.1, 0.15) is 32.7 Å². The van der Waals surface area contributed by atoms with Crippen LogP contribution in [0.3, 0.4) is 0 Å². The Morgan fingerprint density at radius 1 is 1.46 bits per heavy atom. The topological polar surface area (TPSA) is 97.1 Å². The van der Waals surface area contributed by atoms with Gasteiger partial charge >= 0.3 is 5.97 Å². The van der Waals surface area contributed by atoms with E-state index in [2.05, 4.69) is 34.5 Å². The van der Waals surface area contributed by atoms with Gasteiger partial charge in [-0.25, -0.2) is 14.5 Å². The van der Waals surface area contributed by atoms with Gasteiger partial charge in [-0.1, -0.05) is 19.1 Å². The fourth-order valence-electron chi connectivity index (χ4n) is 1.62. The first-order chi connectivity index (χ1) is 11.6. The molecule has 0 fully saturated rings. The van der Waals surface area contributed by atoms with E-state index < -0.39 is 5.97 Å². The van der Waals surface area contributed by atoms with Crippen molar-refractivity contribution >= 4 is 29.3 Å². The fraction of sp³-hybridized carbons (Fsp3) is 0.250. The molecule has 0 aliphatic rings. The minimum atomic E-state index is -0.988. The lowest BCUT2D eigenvalue weighted by Crippen LogP contribution is -2.04. The summed E-state index contributed by atoms with van der Waals surface area (Å²) >= 11 is 0.973. The molecular formula is C16H20N4O3S. The number of aromatic nitrogens is 3. The van der Waals surface area contributed by atoms with Gasteiger partial charge < -0.3 is 10.4 Å². The zero-order valence-electron chi connectivity index (χ0n) is 13.5. The maximum Gasteiger partial charge on any atom is 0.345 e. The third-order valence-corrected chi connectivity index (χ3v) is 3.66. The van der Waals surface area contributed by atoms with E-state index >= 15 is 0 Å². The van der Waals surface area contributed by atoms with Crippen LogP contribution in [0.2, 0.25) is 0 Å². The largest absolute Gasteiger partial charge is 0.477 e. The molecule has 0 aromatic carbocycles. The van der Waals surface area contributed by atoms with Crippen molar-refractivity contribution in [2.45, 2.75) is 13.3 Å². The lowest BCUT2D eigenvalue weighted by molar-refractivity contribution is 0.0702. The van der Waals surface area contributed by atoms with E-state index in [9.17, 15) is 9.59 Å². The van der Waals surface area contributed by atoms with Gasteiger partial charge in [-0.2, -0.15) is 5.10 Å². The van der Waals surface area contributed by atoms with Crippen molar-refractivity contribution in [2.75, 3.05) is 13.6 Å². The zero-order valence-corrected chi connectivity index (χ0v) is 14.4. The number of carboxylic acids is 1. The molecule has 7 nitrogen and oxygen atoms in total. The van der Waals surface area contributed by atoms with Crippen LogP contribution in [-0.4, -0.2) is 45.7 Å². The van der Waals surface area contributed by atoms with Crippen LogP contribution >= 0.6 is 11.3 Å². The molecule has 0 aliphatic heterocycles. The summed E-state index contributed by atoms with van der Waals surface area (Å²) in [4.78, 5) is 24.8. The molecule has 2 heterocycles. The summed E-state index contributed by atoms with van der Waals surface area (Å²) in [5.41, 5.74) is 1.06. The normalized spacial score (nSPS) is 11.2. The maximum atomic E-state index is 10.2. The van der Waals surface area contributed by atoms with E-state index in [1.807, 2.05) is 13.1 Å². The first kappa shape index (κ1) is 19.5. The highest BCUT2D eigenvalue weighted by atomic mass is 32.1. The van der Waals surface area contributed by atoms with Crippen molar-refractivity contribution in [3.05, 3.63) is 52.8 Å². The van der Waals surface area contributed by atoms with Gasteiger partial charge in [0.05, 0.1) is 10.6 Å². The summed E-state index contributed by atoms with van der Waals surface area (Å²) in [6.45, 7) is 2.96. The Morgan fingerprint density at radius 3 is 2.71 bits per heavy atom. The number of aromatic carboxylic acids is 1. The second-order valence-corrected chi connectivity index (χ2v) is 5.58. The Balaban J connectivity index is 0.000000254. The smallest absolute Gasteiger partial charge is 0.345 e. The molecule has 8 heteroatoms. The highest BCUT2D eigenvalue weighted by Gasteiger charge is 2.04. The van der Waals surface area contributed by atoms with Crippen molar-refractivity contribution in [1.82, 2.24) is 20.1 Å². The first-order valence-corrected chi connectivity index (χ1v) is 8.08. The quantitative estimate of drug-likeness (QED) is 0.589. The predicted molar refractivity (Wildman–Crippen MR) is 94.3 cm³/mol. The van der Waals surface area contributed by atoms with Crippen molar-refractivity contribution in [3.8, 4) is 0 Å². The van der Waals surface area contributed by atoms with Gasteiger partial charge in [-0.05, 0) is 31.7 Å². The number of carboxylic acid groups (broad SMARTS) is 1. The van der Waals surface area contributed by atoms with Crippen LogP contribution in [0.4, 0.5) is 0 Å². The van der Waals surface area contributed by atoms with Crippen molar-refractivity contribution in [2.24, 2.45) is 0 Å². The Hall–Kier alpha value is -2.58. The van der Waals surface area contributed by atoms with Crippen LogP contribution < -0.4 is 5.32 Å². The minimum Gasteiger partial charge on any atom is -0.477 e. The molecule has 128 valence electrons. The maximum absolute atomic E-state index is 10.2. The summed E-state index contributed by atoms with van der Waals surface area (Å²) in [5, 5.41) is 15.5. The average molecular weight is 348 g/mol. The lowest BCUT2D eigenvalue weighted by atomic mass is 10.3.